The molecule has 17 heavy (non-hydrogen) atoms. The molecule has 0 aliphatic heterocycles. The molecule has 1 aromatic heterocycles. The second kappa shape index (κ2) is 4.26. The molecular weight excluding hydrogens is 216 g/mol. The van der Waals surface area contributed by atoms with E-state index in [9.17, 15) is 9.90 Å². The Morgan fingerprint density at radius 1 is 1.24 bits per heavy atom. The van der Waals surface area contributed by atoms with Crippen molar-refractivity contribution in [1.82, 2.24) is 9.55 Å². The SMILES string of the molecule is O=c1cc(C2CC2)ncn1C1CCCCC1O. The molecule has 2 unspecified atom stereocenters. The van der Waals surface area contributed by atoms with Crippen molar-refractivity contribution in [3.8, 4) is 0 Å². The maximum atomic E-state index is 12.0. The van der Waals surface area contributed by atoms with Crippen LogP contribution in [-0.2, 0) is 0 Å². The summed E-state index contributed by atoms with van der Waals surface area (Å²) in [5.74, 6) is 0.508. The number of hydrogen-bond acceptors (Lipinski definition) is 3. The van der Waals surface area contributed by atoms with Gasteiger partial charge in [-0.05, 0) is 25.7 Å². The van der Waals surface area contributed by atoms with Gasteiger partial charge in [0.05, 0.1) is 24.2 Å². The number of hydrogen-bond donors (Lipinski definition) is 1. The average molecular weight is 234 g/mol. The normalized spacial score (nSPS) is 29.2. The second-order valence-electron chi connectivity index (χ2n) is 5.25. The van der Waals surface area contributed by atoms with Gasteiger partial charge in [-0.15, -0.1) is 0 Å². The zero-order valence-corrected chi connectivity index (χ0v) is 9.88. The van der Waals surface area contributed by atoms with Gasteiger partial charge >= 0.3 is 0 Å². The fraction of sp³-hybridized carbons (Fsp3) is 0.692. The van der Waals surface area contributed by atoms with E-state index >= 15 is 0 Å². The highest BCUT2D eigenvalue weighted by Gasteiger charge is 2.28. The van der Waals surface area contributed by atoms with Crippen LogP contribution in [0, 0.1) is 0 Å². The van der Waals surface area contributed by atoms with Gasteiger partial charge < -0.3 is 5.11 Å². The smallest absolute Gasteiger partial charge is 0.253 e. The number of aromatic nitrogens is 2. The quantitative estimate of drug-likeness (QED) is 0.845. The van der Waals surface area contributed by atoms with Crippen LogP contribution >= 0.6 is 0 Å². The summed E-state index contributed by atoms with van der Waals surface area (Å²) in [7, 11) is 0. The fourth-order valence-corrected chi connectivity index (χ4v) is 2.69. The Kier molecular flexibility index (Phi) is 2.74. The zero-order chi connectivity index (χ0) is 11.8. The molecule has 4 heteroatoms. The van der Waals surface area contributed by atoms with Gasteiger partial charge in [0.2, 0.25) is 0 Å². The third-order valence-corrected chi connectivity index (χ3v) is 3.90. The van der Waals surface area contributed by atoms with Gasteiger partial charge in [0.25, 0.3) is 5.56 Å². The topological polar surface area (TPSA) is 55.1 Å². The van der Waals surface area contributed by atoms with E-state index in [4.69, 9.17) is 0 Å². The van der Waals surface area contributed by atoms with E-state index < -0.39 is 6.10 Å². The van der Waals surface area contributed by atoms with Gasteiger partial charge in [-0.2, -0.15) is 0 Å². The van der Waals surface area contributed by atoms with Crippen molar-refractivity contribution in [2.75, 3.05) is 0 Å². The fourth-order valence-electron chi connectivity index (χ4n) is 2.69. The van der Waals surface area contributed by atoms with Crippen LogP contribution in [0.4, 0.5) is 0 Å². The molecule has 2 fully saturated rings. The maximum absolute atomic E-state index is 12.0. The van der Waals surface area contributed by atoms with Crippen LogP contribution in [0.5, 0.6) is 0 Å². The van der Waals surface area contributed by atoms with Crippen molar-refractivity contribution in [2.45, 2.75) is 56.6 Å². The summed E-state index contributed by atoms with van der Waals surface area (Å²) in [6.45, 7) is 0. The highest BCUT2D eigenvalue weighted by Crippen LogP contribution is 2.38. The van der Waals surface area contributed by atoms with Crippen molar-refractivity contribution in [3.05, 3.63) is 28.4 Å². The standard InChI is InChI=1S/C13H18N2O2/c16-12-4-2-1-3-11(12)15-8-14-10(7-13(15)17)9-5-6-9/h7-9,11-12,16H,1-6H2. The molecule has 2 aliphatic rings. The molecule has 92 valence electrons. The van der Waals surface area contributed by atoms with Crippen LogP contribution in [0.1, 0.15) is 56.2 Å². The molecule has 0 saturated heterocycles. The Hall–Kier alpha value is -1.16. The van der Waals surface area contributed by atoms with Crippen molar-refractivity contribution in [3.63, 3.8) is 0 Å². The van der Waals surface area contributed by atoms with E-state index in [2.05, 4.69) is 4.98 Å². The molecule has 0 aromatic carbocycles. The Morgan fingerprint density at radius 2 is 2.00 bits per heavy atom. The summed E-state index contributed by atoms with van der Waals surface area (Å²) in [5, 5.41) is 9.95. The largest absolute Gasteiger partial charge is 0.391 e. The molecule has 0 bridgehead atoms. The predicted octanol–water partition coefficient (Wildman–Crippen LogP) is 1.60. The maximum Gasteiger partial charge on any atom is 0.253 e. The summed E-state index contributed by atoms with van der Waals surface area (Å²) in [6.07, 6.45) is 7.36. The first-order chi connectivity index (χ1) is 8.25. The number of nitrogens with zero attached hydrogens (tertiary/aromatic N) is 2. The molecule has 3 rings (SSSR count). The lowest BCUT2D eigenvalue weighted by Crippen LogP contribution is -2.34. The van der Waals surface area contributed by atoms with Crippen molar-refractivity contribution in [2.24, 2.45) is 0 Å². The summed E-state index contributed by atoms with van der Waals surface area (Å²) >= 11 is 0. The predicted molar refractivity (Wildman–Crippen MR) is 64.0 cm³/mol. The first kappa shape index (κ1) is 11.0. The lowest BCUT2D eigenvalue weighted by atomic mass is 9.92. The molecule has 1 aromatic rings. The minimum absolute atomic E-state index is 0.00662. The molecule has 2 aliphatic carbocycles. The van der Waals surface area contributed by atoms with E-state index in [-0.39, 0.29) is 11.6 Å². The van der Waals surface area contributed by atoms with Crippen LogP contribution < -0.4 is 5.56 Å². The van der Waals surface area contributed by atoms with Crippen LogP contribution in [0.2, 0.25) is 0 Å². The summed E-state index contributed by atoms with van der Waals surface area (Å²) < 4.78 is 1.62. The van der Waals surface area contributed by atoms with Gasteiger partial charge in [0.15, 0.2) is 0 Å². The van der Waals surface area contributed by atoms with Crippen LogP contribution in [0.3, 0.4) is 0 Å². The van der Waals surface area contributed by atoms with Crippen molar-refractivity contribution < 1.29 is 5.11 Å². The summed E-state index contributed by atoms with van der Waals surface area (Å²) in [5.41, 5.74) is 0.921. The lowest BCUT2D eigenvalue weighted by molar-refractivity contribution is 0.0731. The second-order valence-corrected chi connectivity index (χ2v) is 5.25. The molecule has 0 radical (unpaired) electrons. The Morgan fingerprint density at radius 3 is 2.65 bits per heavy atom. The van der Waals surface area contributed by atoms with Crippen molar-refractivity contribution >= 4 is 0 Å². The van der Waals surface area contributed by atoms with E-state index in [1.807, 2.05) is 0 Å². The van der Waals surface area contributed by atoms with Crippen molar-refractivity contribution in [1.29, 1.82) is 0 Å². The minimum atomic E-state index is -0.393. The minimum Gasteiger partial charge on any atom is -0.391 e. The van der Waals surface area contributed by atoms with Crippen LogP contribution in [-0.4, -0.2) is 20.8 Å². The number of aliphatic hydroxyl groups excluding tert-OH is 1. The monoisotopic (exact) mass is 234 g/mol. The first-order valence-corrected chi connectivity index (χ1v) is 6.52. The number of rotatable bonds is 2. The Labute approximate surface area is 100 Å². The third-order valence-electron chi connectivity index (χ3n) is 3.90. The van der Waals surface area contributed by atoms with E-state index in [1.54, 1.807) is 17.0 Å². The average Bonchev–Trinajstić information content (AvgIpc) is 3.14. The highest BCUT2D eigenvalue weighted by molar-refractivity contribution is 5.12. The molecule has 2 atom stereocenters. The molecule has 4 nitrogen and oxygen atoms in total. The highest BCUT2D eigenvalue weighted by atomic mass is 16.3. The molecule has 0 spiro atoms. The van der Waals surface area contributed by atoms with E-state index in [1.165, 1.54) is 0 Å². The van der Waals surface area contributed by atoms with Gasteiger partial charge in [-0.1, -0.05) is 12.8 Å². The molecular formula is C13H18N2O2. The van der Waals surface area contributed by atoms with Crippen LogP contribution in [0.15, 0.2) is 17.2 Å². The summed E-state index contributed by atoms with van der Waals surface area (Å²) in [6, 6.07) is 1.58. The molecule has 2 saturated carbocycles. The number of aliphatic hydroxyl groups is 1. The van der Waals surface area contributed by atoms with Gasteiger partial charge in [0.1, 0.15) is 0 Å². The Bertz CT molecular complexity index is 465. The van der Waals surface area contributed by atoms with Gasteiger partial charge in [0, 0.05) is 12.0 Å². The summed E-state index contributed by atoms with van der Waals surface area (Å²) in [4.78, 5) is 16.4. The molecule has 1 N–H and O–H groups in total. The first-order valence-electron chi connectivity index (χ1n) is 6.52. The molecule has 0 amide bonds. The Balaban J connectivity index is 1.89. The van der Waals surface area contributed by atoms with E-state index in [0.29, 0.717) is 5.92 Å². The molecule has 1 heterocycles. The van der Waals surface area contributed by atoms with Gasteiger partial charge in [-0.25, -0.2) is 4.98 Å². The lowest BCUT2D eigenvalue weighted by Gasteiger charge is -2.28. The van der Waals surface area contributed by atoms with Crippen LogP contribution in [0.25, 0.3) is 0 Å². The van der Waals surface area contributed by atoms with E-state index in [0.717, 1.165) is 44.2 Å². The van der Waals surface area contributed by atoms with Gasteiger partial charge in [-0.3, -0.25) is 9.36 Å². The zero-order valence-electron chi connectivity index (χ0n) is 9.88. The third kappa shape index (κ3) is 2.14.